The average Bonchev–Trinajstić information content (AvgIpc) is 3.64. The first kappa shape index (κ1) is 28.7. The number of Topliss-reactive ketones (excluding diaryl/α,β-unsaturated/α-hetero) is 1. The second-order valence-corrected chi connectivity index (χ2v) is 15.4. The second-order valence-electron chi connectivity index (χ2n) is 15.4. The number of nitrogens with zero attached hydrogens (tertiary/aromatic N) is 2. The molecule has 6 aliphatic carbocycles. The Morgan fingerprint density at radius 1 is 0.955 bits per heavy atom. The number of carbonyl (C=O) groups is 1. The molecule has 2 spiro atoms. The third-order valence-corrected chi connectivity index (χ3v) is 13.8. The summed E-state index contributed by atoms with van der Waals surface area (Å²) in [6, 6.07) is 10.3. The van der Waals surface area contributed by atoms with Crippen molar-refractivity contribution in [2.75, 3.05) is 37.6 Å². The van der Waals surface area contributed by atoms with Crippen molar-refractivity contribution < 1.29 is 23.8 Å². The molecule has 0 amide bonds. The predicted octanol–water partition coefficient (Wildman–Crippen LogP) is 6.01. The second kappa shape index (κ2) is 9.63. The minimum atomic E-state index is -0.863. The quantitative estimate of drug-likeness (QED) is 0.323. The van der Waals surface area contributed by atoms with E-state index in [1.54, 1.807) is 18.4 Å². The number of carbonyl (C=O) groups excluding carboxylic acids is 1. The van der Waals surface area contributed by atoms with Gasteiger partial charge in [0.1, 0.15) is 5.82 Å². The van der Waals surface area contributed by atoms with Gasteiger partial charge in [0.2, 0.25) is 5.78 Å². The highest BCUT2D eigenvalue weighted by Crippen LogP contribution is 2.78. The van der Waals surface area contributed by atoms with Gasteiger partial charge in [0, 0.05) is 60.2 Å². The van der Waals surface area contributed by atoms with Crippen molar-refractivity contribution in [3.05, 3.63) is 78.0 Å². The molecule has 2 aromatic rings. The van der Waals surface area contributed by atoms with Gasteiger partial charge in [-0.2, -0.15) is 0 Å². The van der Waals surface area contributed by atoms with Crippen LogP contribution in [-0.4, -0.2) is 65.3 Å². The van der Waals surface area contributed by atoms with Crippen LogP contribution in [0.25, 0.3) is 0 Å². The highest BCUT2D eigenvalue weighted by molar-refractivity contribution is 6.08. The van der Waals surface area contributed by atoms with E-state index in [0.717, 1.165) is 76.0 Å². The van der Waals surface area contributed by atoms with Gasteiger partial charge in [-0.15, -0.1) is 0 Å². The molecule has 2 N–H and O–H groups in total. The molecule has 2 heterocycles. The first-order chi connectivity index (χ1) is 21.0. The monoisotopic (exact) mass is 600 g/mol. The molecule has 3 saturated carbocycles. The zero-order valence-electron chi connectivity index (χ0n) is 26.0. The van der Waals surface area contributed by atoms with Gasteiger partial charge in [-0.25, -0.2) is 4.39 Å². The van der Waals surface area contributed by atoms with E-state index in [1.807, 2.05) is 12.1 Å². The Balaban J connectivity index is 1.12. The largest absolute Gasteiger partial charge is 0.461 e. The predicted molar refractivity (Wildman–Crippen MR) is 167 cm³/mol. The summed E-state index contributed by atoms with van der Waals surface area (Å²) in [6.45, 7) is 8.72. The van der Waals surface area contributed by atoms with E-state index in [-0.39, 0.29) is 45.8 Å². The highest BCUT2D eigenvalue weighted by Gasteiger charge is 2.74. The van der Waals surface area contributed by atoms with E-state index in [9.17, 15) is 19.4 Å². The third-order valence-electron chi connectivity index (χ3n) is 13.8. The van der Waals surface area contributed by atoms with E-state index >= 15 is 0 Å². The summed E-state index contributed by atoms with van der Waals surface area (Å²) in [5, 5.41) is 23.6. The van der Waals surface area contributed by atoms with Crippen LogP contribution in [0.1, 0.15) is 69.3 Å². The van der Waals surface area contributed by atoms with E-state index in [4.69, 9.17) is 4.42 Å². The number of halogens is 1. The Bertz CT molecular complexity index is 1510. The minimum absolute atomic E-state index is 0.0394. The number of allylic oxidation sites excluding steroid dienone is 4. The lowest BCUT2D eigenvalue weighted by Gasteiger charge is -2.71. The van der Waals surface area contributed by atoms with Gasteiger partial charge in [-0.05, 0) is 98.6 Å². The fourth-order valence-corrected chi connectivity index (χ4v) is 11.3. The van der Waals surface area contributed by atoms with E-state index in [0.29, 0.717) is 18.7 Å². The molecule has 1 aliphatic heterocycles. The molecule has 8 atom stereocenters. The van der Waals surface area contributed by atoms with Crippen LogP contribution in [0.2, 0.25) is 0 Å². The van der Waals surface area contributed by atoms with Crippen molar-refractivity contribution >= 4 is 11.5 Å². The number of furan rings is 1. The van der Waals surface area contributed by atoms with Crippen LogP contribution in [0, 0.1) is 39.3 Å². The molecular weight excluding hydrogens is 555 g/mol. The normalized spacial score (nSPS) is 42.9. The van der Waals surface area contributed by atoms with Crippen molar-refractivity contribution in [2.24, 2.45) is 33.5 Å². The molecular formula is C37H45FN2O4. The molecule has 2 bridgehead atoms. The van der Waals surface area contributed by atoms with Crippen LogP contribution in [0.15, 0.2) is 70.9 Å². The minimum Gasteiger partial charge on any atom is -0.461 e. The number of benzene rings is 1. The Morgan fingerprint density at radius 2 is 1.66 bits per heavy atom. The van der Waals surface area contributed by atoms with Crippen molar-refractivity contribution in [1.82, 2.24) is 4.90 Å². The number of anilines is 1. The number of hydrogen-bond acceptors (Lipinski definition) is 6. The van der Waals surface area contributed by atoms with Crippen LogP contribution in [0.5, 0.6) is 0 Å². The van der Waals surface area contributed by atoms with Crippen molar-refractivity contribution in [3.8, 4) is 0 Å². The number of aliphatic hydroxyl groups excluding tert-OH is 1. The fourth-order valence-electron chi connectivity index (χ4n) is 11.3. The zero-order valence-corrected chi connectivity index (χ0v) is 26.0. The van der Waals surface area contributed by atoms with Gasteiger partial charge in [0.25, 0.3) is 0 Å². The number of aliphatic hydroxyl groups is 2. The van der Waals surface area contributed by atoms with Crippen LogP contribution in [-0.2, 0) is 0 Å². The summed E-state index contributed by atoms with van der Waals surface area (Å²) >= 11 is 0. The Morgan fingerprint density at radius 3 is 2.39 bits per heavy atom. The summed E-state index contributed by atoms with van der Waals surface area (Å²) in [5.41, 5.74) is -0.212. The number of rotatable bonds is 5. The van der Waals surface area contributed by atoms with Crippen molar-refractivity contribution in [3.63, 3.8) is 0 Å². The summed E-state index contributed by atoms with van der Waals surface area (Å²) < 4.78 is 19.2. The first-order valence-corrected chi connectivity index (χ1v) is 16.7. The van der Waals surface area contributed by atoms with Gasteiger partial charge in [-0.1, -0.05) is 32.1 Å². The molecule has 1 aromatic heterocycles. The first-order valence-electron chi connectivity index (χ1n) is 16.7. The lowest BCUT2D eigenvalue weighted by Crippen LogP contribution is -2.67. The Kier molecular flexibility index (Phi) is 6.29. The van der Waals surface area contributed by atoms with Crippen LogP contribution in [0.4, 0.5) is 10.1 Å². The fraction of sp³-hybridized carbons (Fsp3) is 0.595. The van der Waals surface area contributed by atoms with Crippen LogP contribution < -0.4 is 4.90 Å². The van der Waals surface area contributed by atoms with Crippen LogP contribution in [0.3, 0.4) is 0 Å². The van der Waals surface area contributed by atoms with Crippen molar-refractivity contribution in [1.29, 1.82) is 0 Å². The highest BCUT2D eigenvalue weighted by atomic mass is 19.1. The topological polar surface area (TPSA) is 77.1 Å². The SMILES string of the molecule is CC12CCC(O)CC13C=CC1(C(C(=O)c4ccco4)=C3)C2CCC2(C)C1CCC2(O)CN1CCN(c2ccc(F)cc2)CC1. The summed E-state index contributed by atoms with van der Waals surface area (Å²) in [5.74, 6) is 0.513. The molecule has 1 saturated heterocycles. The van der Waals surface area contributed by atoms with Crippen molar-refractivity contribution in [2.45, 2.75) is 70.5 Å². The molecule has 0 radical (unpaired) electrons. The maximum Gasteiger partial charge on any atom is 0.224 e. The van der Waals surface area contributed by atoms with E-state index in [2.05, 4.69) is 41.9 Å². The van der Waals surface area contributed by atoms with Gasteiger partial charge in [0.15, 0.2) is 5.76 Å². The van der Waals surface area contributed by atoms with E-state index < -0.39 is 11.0 Å². The summed E-state index contributed by atoms with van der Waals surface area (Å²) in [6.07, 6.45) is 14.0. The van der Waals surface area contributed by atoms with Gasteiger partial charge < -0.3 is 19.5 Å². The Labute approximate surface area is 259 Å². The molecule has 7 heteroatoms. The maximum atomic E-state index is 14.3. The molecule has 4 fully saturated rings. The molecule has 6 nitrogen and oxygen atoms in total. The number of β-amino-alcohol motifs (C(OH)–C–C–N with tert-alkyl or cyclic N) is 1. The molecule has 7 aliphatic rings. The third kappa shape index (κ3) is 3.72. The lowest BCUT2D eigenvalue weighted by molar-refractivity contribution is -0.176. The average molecular weight is 601 g/mol. The van der Waals surface area contributed by atoms with Gasteiger partial charge in [-0.3, -0.25) is 9.69 Å². The lowest BCUT2D eigenvalue weighted by atomic mass is 9.32. The molecule has 234 valence electrons. The molecule has 1 aromatic carbocycles. The zero-order chi connectivity index (χ0) is 30.5. The summed E-state index contributed by atoms with van der Waals surface area (Å²) in [4.78, 5) is 19.0. The van der Waals surface area contributed by atoms with Crippen LogP contribution >= 0.6 is 0 Å². The standard InChI is InChI=1S/C37H45FN2O4/c1-33-12-9-27(41)22-35(33)15-16-37(28(23-35)32(42)29-4-3-21-44-29)30(33)10-13-34(2)31(37)11-14-36(34,43)24-39-17-19-40(20-18-39)26-7-5-25(38)6-8-26/h3-8,15-16,21,23,27,30-31,41,43H,9-14,17-20,22,24H2,1-2H3. The smallest absolute Gasteiger partial charge is 0.224 e. The number of ketones is 1. The maximum absolute atomic E-state index is 14.3. The van der Waals surface area contributed by atoms with Gasteiger partial charge in [0.05, 0.1) is 18.0 Å². The molecule has 44 heavy (non-hydrogen) atoms. The number of fused-ring (bicyclic) bond motifs is 1. The number of hydrogen-bond donors (Lipinski definition) is 2. The number of piperazine rings is 1. The van der Waals surface area contributed by atoms with Gasteiger partial charge >= 0.3 is 0 Å². The molecule has 9 rings (SSSR count). The van der Waals surface area contributed by atoms with E-state index in [1.165, 1.54) is 12.1 Å². The molecule has 8 unspecified atom stereocenters. The Hall–Kier alpha value is -2.74. The summed E-state index contributed by atoms with van der Waals surface area (Å²) in [7, 11) is 0.